The number of aromatic nitrogens is 4. The molecule has 4 aromatic heterocycles. The summed E-state index contributed by atoms with van der Waals surface area (Å²) >= 11 is 3.31. The largest absolute Gasteiger partial charge is 0.446 e. The van der Waals surface area contributed by atoms with Crippen molar-refractivity contribution in [1.82, 2.24) is 19.6 Å². The molecular formula is C25H13BrN4O4. The van der Waals surface area contributed by atoms with Gasteiger partial charge in [-0.15, -0.1) is 5.10 Å². The van der Waals surface area contributed by atoms with E-state index in [2.05, 4.69) is 26.0 Å². The summed E-state index contributed by atoms with van der Waals surface area (Å²) in [6, 6.07) is 20.6. The van der Waals surface area contributed by atoms with Gasteiger partial charge < -0.3 is 13.6 Å². The highest BCUT2D eigenvalue weighted by molar-refractivity contribution is 9.10. The zero-order valence-corrected chi connectivity index (χ0v) is 18.9. The van der Waals surface area contributed by atoms with Gasteiger partial charge in [0.2, 0.25) is 11.7 Å². The lowest BCUT2D eigenvalue weighted by Crippen LogP contribution is -2.22. The topological polar surface area (TPSA) is 95.7 Å². The molecule has 1 atom stereocenters. The van der Waals surface area contributed by atoms with Crippen LogP contribution in [0.5, 0.6) is 11.6 Å². The minimum atomic E-state index is -0.516. The molecule has 0 spiro atoms. The maximum absolute atomic E-state index is 13.3. The van der Waals surface area contributed by atoms with Gasteiger partial charge >= 0.3 is 5.63 Å². The second-order valence-electron chi connectivity index (χ2n) is 7.84. The van der Waals surface area contributed by atoms with Crippen molar-refractivity contribution >= 4 is 32.5 Å². The first-order chi connectivity index (χ1) is 16.7. The van der Waals surface area contributed by atoms with Crippen molar-refractivity contribution < 1.29 is 13.6 Å². The molecule has 7 rings (SSSR count). The standard InChI is InChI=1S/C25H13BrN4O4/c26-17-11-10-16(32-17)22-28-23-20-18(13-6-2-1-3-7-13)19-21(34-24(20)27-12-30(23)29-22)14-8-4-5-9-15(14)33-25(19)31/h1-12,18H. The molecule has 0 saturated carbocycles. The van der Waals surface area contributed by atoms with Gasteiger partial charge in [-0.25, -0.2) is 19.3 Å². The summed E-state index contributed by atoms with van der Waals surface area (Å²) in [5, 5.41) is 5.23. The monoisotopic (exact) mass is 512 g/mol. The van der Waals surface area contributed by atoms with Crippen LogP contribution in [0.3, 0.4) is 0 Å². The smallest absolute Gasteiger partial charge is 0.344 e. The second kappa shape index (κ2) is 7.13. The summed E-state index contributed by atoms with van der Waals surface area (Å²) in [6.07, 6.45) is 1.54. The Bertz CT molecular complexity index is 1790. The average molecular weight is 513 g/mol. The predicted molar refractivity (Wildman–Crippen MR) is 126 cm³/mol. The Hall–Kier alpha value is -4.24. The maximum atomic E-state index is 13.3. The van der Waals surface area contributed by atoms with E-state index < -0.39 is 11.5 Å². The maximum Gasteiger partial charge on any atom is 0.344 e. The Balaban J connectivity index is 1.56. The SMILES string of the molecule is O=c1oc2ccccc2c2c1C(c1ccccc1)c1c(ncn3nc(-c4ccc(Br)o4)nc13)O2. The molecule has 2 aromatic carbocycles. The summed E-state index contributed by atoms with van der Waals surface area (Å²) in [6.45, 7) is 0. The van der Waals surface area contributed by atoms with Gasteiger partial charge in [-0.2, -0.15) is 0 Å². The molecule has 6 aromatic rings. The number of benzene rings is 2. The minimum absolute atomic E-state index is 0.365. The molecule has 0 saturated heterocycles. The van der Waals surface area contributed by atoms with E-state index in [9.17, 15) is 4.79 Å². The van der Waals surface area contributed by atoms with Crippen molar-refractivity contribution in [2.75, 3.05) is 0 Å². The first-order valence-electron chi connectivity index (χ1n) is 10.5. The number of nitrogens with zero attached hydrogens (tertiary/aromatic N) is 4. The van der Waals surface area contributed by atoms with Crippen molar-refractivity contribution in [3.63, 3.8) is 0 Å². The summed E-state index contributed by atoms with van der Waals surface area (Å²) in [5.41, 5.74) is 2.42. The fourth-order valence-electron chi connectivity index (χ4n) is 4.45. The van der Waals surface area contributed by atoms with E-state index in [-0.39, 0.29) is 0 Å². The summed E-state index contributed by atoms with van der Waals surface area (Å²) in [5.74, 6) is 1.19. The van der Waals surface area contributed by atoms with Gasteiger partial charge in [-0.1, -0.05) is 42.5 Å². The molecule has 0 radical (unpaired) electrons. The molecule has 0 fully saturated rings. The Morgan fingerprint density at radius 3 is 2.56 bits per heavy atom. The fraction of sp³-hybridized carbons (Fsp3) is 0.0400. The Morgan fingerprint density at radius 2 is 1.74 bits per heavy atom. The lowest BCUT2D eigenvalue weighted by molar-refractivity contribution is 0.422. The highest BCUT2D eigenvalue weighted by Gasteiger charge is 2.37. The van der Waals surface area contributed by atoms with Crippen LogP contribution in [-0.4, -0.2) is 19.6 Å². The molecule has 0 N–H and O–H groups in total. The van der Waals surface area contributed by atoms with Crippen LogP contribution in [0, 0.1) is 0 Å². The Labute approximate surface area is 199 Å². The molecule has 1 unspecified atom stereocenters. The highest BCUT2D eigenvalue weighted by Crippen LogP contribution is 2.48. The van der Waals surface area contributed by atoms with Gasteiger partial charge in [0, 0.05) is 0 Å². The number of ether oxygens (including phenoxy) is 1. The quantitative estimate of drug-likeness (QED) is 0.280. The van der Waals surface area contributed by atoms with Crippen LogP contribution >= 0.6 is 15.9 Å². The molecule has 0 aliphatic carbocycles. The molecule has 1 aliphatic heterocycles. The Kier molecular flexibility index (Phi) is 4.04. The zero-order chi connectivity index (χ0) is 22.8. The van der Waals surface area contributed by atoms with Gasteiger partial charge in [-0.3, -0.25) is 0 Å². The number of fused-ring (bicyclic) bond motifs is 6. The zero-order valence-electron chi connectivity index (χ0n) is 17.3. The first-order valence-corrected chi connectivity index (χ1v) is 11.3. The predicted octanol–water partition coefficient (Wildman–Crippen LogP) is 5.54. The molecule has 0 amide bonds. The second-order valence-corrected chi connectivity index (χ2v) is 8.63. The van der Waals surface area contributed by atoms with E-state index in [1.165, 1.54) is 0 Å². The van der Waals surface area contributed by atoms with Crippen LogP contribution in [0.2, 0.25) is 0 Å². The average Bonchev–Trinajstić information content (AvgIpc) is 3.49. The van der Waals surface area contributed by atoms with Gasteiger partial charge in [0.25, 0.3) is 0 Å². The summed E-state index contributed by atoms with van der Waals surface area (Å²) in [4.78, 5) is 22.6. The lowest BCUT2D eigenvalue weighted by Gasteiger charge is -2.27. The molecule has 8 nitrogen and oxygen atoms in total. The van der Waals surface area contributed by atoms with Crippen LogP contribution in [0.15, 0.2) is 91.4 Å². The molecule has 34 heavy (non-hydrogen) atoms. The van der Waals surface area contributed by atoms with E-state index in [0.717, 1.165) is 5.56 Å². The van der Waals surface area contributed by atoms with Gasteiger partial charge in [-0.05, 0) is 45.8 Å². The molecule has 5 heterocycles. The normalized spacial score (nSPS) is 14.7. The van der Waals surface area contributed by atoms with Gasteiger partial charge in [0.1, 0.15) is 11.9 Å². The van der Waals surface area contributed by atoms with Crippen LogP contribution in [-0.2, 0) is 0 Å². The minimum Gasteiger partial charge on any atom is -0.446 e. The number of halogens is 1. The van der Waals surface area contributed by atoms with Crippen molar-refractivity contribution in [2.45, 2.75) is 5.92 Å². The molecule has 164 valence electrons. The van der Waals surface area contributed by atoms with Crippen LogP contribution in [0.25, 0.3) is 28.2 Å². The lowest BCUT2D eigenvalue weighted by atomic mass is 9.84. The number of hydrogen-bond donors (Lipinski definition) is 0. The van der Waals surface area contributed by atoms with E-state index in [4.69, 9.17) is 18.6 Å². The van der Waals surface area contributed by atoms with Crippen molar-refractivity contribution in [3.8, 4) is 23.2 Å². The van der Waals surface area contributed by atoms with Crippen LogP contribution < -0.4 is 10.4 Å². The summed E-state index contributed by atoms with van der Waals surface area (Å²) < 4.78 is 19.7. The van der Waals surface area contributed by atoms with E-state index in [0.29, 0.717) is 55.6 Å². The number of furan rings is 1. The molecule has 9 heteroatoms. The highest BCUT2D eigenvalue weighted by atomic mass is 79.9. The Morgan fingerprint density at radius 1 is 0.912 bits per heavy atom. The van der Waals surface area contributed by atoms with Crippen molar-refractivity contribution in [1.29, 1.82) is 0 Å². The van der Waals surface area contributed by atoms with Crippen LogP contribution in [0.4, 0.5) is 0 Å². The van der Waals surface area contributed by atoms with Gasteiger partial charge in [0.05, 0.1) is 22.4 Å². The number of hydrogen-bond acceptors (Lipinski definition) is 7. The third-order valence-corrected chi connectivity index (χ3v) is 6.31. The van der Waals surface area contributed by atoms with E-state index >= 15 is 0 Å². The van der Waals surface area contributed by atoms with Crippen molar-refractivity contribution in [2.24, 2.45) is 0 Å². The fourth-order valence-corrected chi connectivity index (χ4v) is 4.75. The summed E-state index contributed by atoms with van der Waals surface area (Å²) in [7, 11) is 0. The molecular weight excluding hydrogens is 500 g/mol. The van der Waals surface area contributed by atoms with E-state index in [1.54, 1.807) is 29.0 Å². The van der Waals surface area contributed by atoms with Gasteiger partial charge in [0.15, 0.2) is 21.8 Å². The molecule has 0 bridgehead atoms. The number of para-hydroxylation sites is 1. The first kappa shape index (κ1) is 19.2. The van der Waals surface area contributed by atoms with E-state index in [1.807, 2.05) is 48.5 Å². The third-order valence-electron chi connectivity index (χ3n) is 5.89. The molecule has 1 aliphatic rings. The van der Waals surface area contributed by atoms with Crippen molar-refractivity contribution in [3.05, 3.63) is 105 Å². The van der Waals surface area contributed by atoms with Crippen LogP contribution in [0.1, 0.15) is 22.6 Å². The third kappa shape index (κ3) is 2.77. The number of rotatable bonds is 2.